The molecular weight excluding hydrogens is 422 g/mol. The Morgan fingerprint density at radius 1 is 1.23 bits per heavy atom. The van der Waals surface area contributed by atoms with Crippen molar-refractivity contribution in [3.63, 3.8) is 0 Å². The zero-order valence-corrected chi connectivity index (χ0v) is 18.3. The van der Waals surface area contributed by atoms with Crippen molar-refractivity contribution < 1.29 is 19.4 Å². The molecule has 0 bridgehead atoms. The number of aliphatic carboxylic acids is 1. The fourth-order valence-corrected chi connectivity index (χ4v) is 4.55. The SMILES string of the molecule is CCOc1ccccc1Sc1ccc(/C=C/C(=O)N2CCCCC2C(=O)O)cc1Cl. The van der Waals surface area contributed by atoms with Crippen LogP contribution in [0.4, 0.5) is 0 Å². The summed E-state index contributed by atoms with van der Waals surface area (Å²) in [5.41, 5.74) is 0.777. The number of benzene rings is 2. The highest BCUT2D eigenvalue weighted by atomic mass is 35.5. The number of amides is 1. The number of rotatable bonds is 7. The quantitative estimate of drug-likeness (QED) is 0.580. The third kappa shape index (κ3) is 5.58. The predicted octanol–water partition coefficient (Wildman–Crippen LogP) is 5.37. The molecule has 1 aliphatic rings. The fraction of sp³-hybridized carbons (Fsp3) is 0.304. The van der Waals surface area contributed by atoms with Crippen molar-refractivity contribution in [1.82, 2.24) is 4.90 Å². The van der Waals surface area contributed by atoms with Gasteiger partial charge in [-0.1, -0.05) is 41.6 Å². The summed E-state index contributed by atoms with van der Waals surface area (Å²) in [4.78, 5) is 27.2. The minimum Gasteiger partial charge on any atom is -0.493 e. The molecule has 1 unspecified atom stereocenters. The molecule has 158 valence electrons. The number of carboxylic acids is 1. The zero-order chi connectivity index (χ0) is 21.5. The highest BCUT2D eigenvalue weighted by Gasteiger charge is 2.30. The number of para-hydroxylation sites is 1. The van der Waals surface area contributed by atoms with Gasteiger partial charge in [0, 0.05) is 17.5 Å². The van der Waals surface area contributed by atoms with Gasteiger partial charge in [0.05, 0.1) is 16.5 Å². The Morgan fingerprint density at radius 2 is 2.03 bits per heavy atom. The zero-order valence-electron chi connectivity index (χ0n) is 16.7. The Labute approximate surface area is 185 Å². The summed E-state index contributed by atoms with van der Waals surface area (Å²) in [6.45, 7) is 3.00. The molecule has 1 N–H and O–H groups in total. The lowest BCUT2D eigenvalue weighted by Gasteiger charge is -2.32. The van der Waals surface area contributed by atoms with Crippen LogP contribution >= 0.6 is 23.4 Å². The van der Waals surface area contributed by atoms with Crippen LogP contribution in [0.2, 0.25) is 5.02 Å². The van der Waals surface area contributed by atoms with Gasteiger partial charge in [0.25, 0.3) is 0 Å². The van der Waals surface area contributed by atoms with E-state index >= 15 is 0 Å². The maximum atomic E-state index is 12.5. The number of nitrogens with zero attached hydrogens (tertiary/aromatic N) is 1. The summed E-state index contributed by atoms with van der Waals surface area (Å²) in [5, 5.41) is 9.91. The van der Waals surface area contributed by atoms with Crippen LogP contribution in [0.25, 0.3) is 6.08 Å². The number of carbonyl (C=O) groups excluding carboxylic acids is 1. The van der Waals surface area contributed by atoms with E-state index < -0.39 is 12.0 Å². The molecule has 1 amide bonds. The molecule has 0 spiro atoms. The Balaban J connectivity index is 1.71. The minimum atomic E-state index is -0.951. The monoisotopic (exact) mass is 445 g/mol. The number of hydrogen-bond donors (Lipinski definition) is 1. The van der Waals surface area contributed by atoms with Gasteiger partial charge in [0.15, 0.2) is 0 Å². The molecule has 1 heterocycles. The van der Waals surface area contributed by atoms with Crippen LogP contribution < -0.4 is 4.74 Å². The Morgan fingerprint density at radius 3 is 2.77 bits per heavy atom. The summed E-state index contributed by atoms with van der Waals surface area (Å²) in [5.74, 6) is -0.430. The Hall–Kier alpha value is -2.44. The van der Waals surface area contributed by atoms with E-state index in [1.165, 1.54) is 22.7 Å². The van der Waals surface area contributed by atoms with Gasteiger partial charge in [0.1, 0.15) is 11.8 Å². The molecule has 3 rings (SSSR count). The molecule has 30 heavy (non-hydrogen) atoms. The van der Waals surface area contributed by atoms with E-state index in [0.29, 0.717) is 24.6 Å². The number of piperidine rings is 1. The van der Waals surface area contributed by atoms with Crippen molar-refractivity contribution >= 4 is 41.3 Å². The first-order valence-corrected chi connectivity index (χ1v) is 11.1. The standard InChI is InChI=1S/C23H24ClNO4S/c1-2-29-19-8-3-4-9-21(19)30-20-12-10-16(15-17(20)24)11-13-22(26)25-14-6-5-7-18(25)23(27)28/h3-4,8-13,15,18H,2,5-7,14H2,1H3,(H,27,28)/b13-11+. The van der Waals surface area contributed by atoms with Crippen LogP contribution in [-0.2, 0) is 9.59 Å². The molecule has 5 nitrogen and oxygen atoms in total. The lowest BCUT2D eigenvalue weighted by molar-refractivity contribution is -0.150. The molecule has 0 radical (unpaired) electrons. The summed E-state index contributed by atoms with van der Waals surface area (Å²) in [6, 6.07) is 12.6. The summed E-state index contributed by atoms with van der Waals surface area (Å²) >= 11 is 7.99. The molecule has 0 saturated carbocycles. The summed E-state index contributed by atoms with van der Waals surface area (Å²) in [7, 11) is 0. The highest BCUT2D eigenvalue weighted by molar-refractivity contribution is 7.99. The average Bonchev–Trinajstić information content (AvgIpc) is 2.75. The van der Waals surface area contributed by atoms with Gasteiger partial charge in [-0.2, -0.15) is 0 Å². The molecule has 1 atom stereocenters. The molecule has 2 aromatic rings. The maximum absolute atomic E-state index is 12.5. The van der Waals surface area contributed by atoms with E-state index in [9.17, 15) is 14.7 Å². The topological polar surface area (TPSA) is 66.8 Å². The van der Waals surface area contributed by atoms with Crippen molar-refractivity contribution in [2.75, 3.05) is 13.2 Å². The van der Waals surface area contributed by atoms with Crippen LogP contribution in [0.5, 0.6) is 5.75 Å². The first-order chi connectivity index (χ1) is 14.5. The molecule has 2 aromatic carbocycles. The van der Waals surface area contributed by atoms with Crippen molar-refractivity contribution in [3.8, 4) is 5.75 Å². The predicted molar refractivity (Wildman–Crippen MR) is 119 cm³/mol. The lowest BCUT2D eigenvalue weighted by Crippen LogP contribution is -2.47. The smallest absolute Gasteiger partial charge is 0.326 e. The summed E-state index contributed by atoms with van der Waals surface area (Å²) < 4.78 is 5.66. The number of ether oxygens (including phenoxy) is 1. The Kier molecular flexibility index (Phi) is 7.82. The molecule has 1 saturated heterocycles. The van der Waals surface area contributed by atoms with Gasteiger partial charge >= 0.3 is 5.97 Å². The second kappa shape index (κ2) is 10.5. The normalized spacial score (nSPS) is 16.6. The van der Waals surface area contributed by atoms with E-state index in [1.54, 1.807) is 12.1 Å². The van der Waals surface area contributed by atoms with Crippen LogP contribution in [0, 0.1) is 0 Å². The van der Waals surface area contributed by atoms with Crippen LogP contribution in [0.1, 0.15) is 31.7 Å². The lowest BCUT2D eigenvalue weighted by atomic mass is 10.0. The fourth-order valence-electron chi connectivity index (χ4n) is 3.35. The molecule has 1 aliphatic heterocycles. The number of likely N-dealkylation sites (tertiary alicyclic amines) is 1. The van der Waals surface area contributed by atoms with E-state index in [2.05, 4.69) is 0 Å². The second-order valence-corrected chi connectivity index (χ2v) is 8.38. The van der Waals surface area contributed by atoms with Gasteiger partial charge in [-0.25, -0.2) is 4.79 Å². The number of hydrogen-bond acceptors (Lipinski definition) is 4. The van der Waals surface area contributed by atoms with E-state index in [-0.39, 0.29) is 5.91 Å². The van der Waals surface area contributed by atoms with Crippen molar-refractivity contribution in [3.05, 3.63) is 59.1 Å². The highest BCUT2D eigenvalue weighted by Crippen LogP contribution is 2.38. The van der Waals surface area contributed by atoms with E-state index in [1.807, 2.05) is 43.3 Å². The van der Waals surface area contributed by atoms with Crippen LogP contribution in [0.15, 0.2) is 58.3 Å². The second-order valence-electron chi connectivity index (χ2n) is 6.89. The molecule has 0 aromatic heterocycles. The van der Waals surface area contributed by atoms with Crippen LogP contribution in [0.3, 0.4) is 0 Å². The first kappa shape index (κ1) is 22.2. The van der Waals surface area contributed by atoms with Crippen molar-refractivity contribution in [1.29, 1.82) is 0 Å². The van der Waals surface area contributed by atoms with E-state index in [4.69, 9.17) is 16.3 Å². The summed E-state index contributed by atoms with van der Waals surface area (Å²) in [6.07, 6.45) is 5.24. The van der Waals surface area contributed by atoms with Gasteiger partial charge in [-0.05, 0) is 62.1 Å². The van der Waals surface area contributed by atoms with Crippen molar-refractivity contribution in [2.24, 2.45) is 0 Å². The van der Waals surface area contributed by atoms with Crippen LogP contribution in [-0.4, -0.2) is 41.1 Å². The molecule has 0 aliphatic carbocycles. The van der Waals surface area contributed by atoms with E-state index in [0.717, 1.165) is 33.9 Å². The van der Waals surface area contributed by atoms with Gasteiger partial charge in [-0.15, -0.1) is 0 Å². The number of carbonyl (C=O) groups is 2. The largest absolute Gasteiger partial charge is 0.493 e. The van der Waals surface area contributed by atoms with Gasteiger partial charge < -0.3 is 14.7 Å². The molecule has 7 heteroatoms. The van der Waals surface area contributed by atoms with Gasteiger partial charge in [0.2, 0.25) is 5.91 Å². The average molecular weight is 446 g/mol. The third-order valence-electron chi connectivity index (χ3n) is 4.81. The number of carboxylic acid groups (broad SMARTS) is 1. The first-order valence-electron chi connectivity index (χ1n) is 9.90. The number of halogens is 1. The molecular formula is C23H24ClNO4S. The van der Waals surface area contributed by atoms with Gasteiger partial charge in [-0.3, -0.25) is 4.79 Å². The van der Waals surface area contributed by atoms with Crippen molar-refractivity contribution in [2.45, 2.75) is 42.0 Å². The maximum Gasteiger partial charge on any atom is 0.326 e. The third-order valence-corrected chi connectivity index (χ3v) is 6.37. The minimum absolute atomic E-state index is 0.290. The Bertz CT molecular complexity index is 947. The molecule has 1 fully saturated rings.